The van der Waals surface area contributed by atoms with Crippen molar-refractivity contribution in [1.29, 1.82) is 0 Å². The number of ether oxygens (including phenoxy) is 1. The summed E-state index contributed by atoms with van der Waals surface area (Å²) >= 11 is 0. The molecule has 1 N–H and O–H groups in total. The monoisotopic (exact) mass is 223 g/mol. The normalized spacial score (nSPS) is 23.0. The highest BCUT2D eigenvalue weighted by Crippen LogP contribution is 2.11. The van der Waals surface area contributed by atoms with Gasteiger partial charge < -0.3 is 9.84 Å². The minimum atomic E-state index is -3.33. The number of aliphatic hydroxyl groups excluding tert-OH is 1. The van der Waals surface area contributed by atoms with E-state index in [9.17, 15) is 8.42 Å². The first kappa shape index (κ1) is 11.9. The minimum Gasteiger partial charge on any atom is -0.395 e. The Morgan fingerprint density at radius 3 is 2.79 bits per heavy atom. The molecule has 0 radical (unpaired) electrons. The molecule has 1 fully saturated rings. The molecule has 0 amide bonds. The van der Waals surface area contributed by atoms with Crippen molar-refractivity contribution in [2.75, 3.05) is 32.9 Å². The minimum absolute atomic E-state index is 0.334. The highest BCUT2D eigenvalue weighted by molar-refractivity contribution is 7.89. The molecule has 0 aromatic heterocycles. The Morgan fingerprint density at radius 1 is 1.43 bits per heavy atom. The van der Waals surface area contributed by atoms with E-state index in [0.29, 0.717) is 26.3 Å². The van der Waals surface area contributed by atoms with Crippen LogP contribution < -0.4 is 0 Å². The lowest BCUT2D eigenvalue weighted by Crippen LogP contribution is -2.40. The van der Waals surface area contributed by atoms with E-state index in [0.717, 1.165) is 6.42 Å². The zero-order chi connectivity index (χ0) is 10.6. The van der Waals surface area contributed by atoms with E-state index >= 15 is 0 Å². The fraction of sp³-hybridized carbons (Fsp3) is 1.00. The third-order valence-electron chi connectivity index (χ3n) is 2.31. The zero-order valence-electron chi connectivity index (χ0n) is 8.35. The molecule has 1 saturated heterocycles. The molecule has 1 heterocycles. The summed E-state index contributed by atoms with van der Waals surface area (Å²) in [6.07, 6.45) is 0.720. The van der Waals surface area contributed by atoms with Crippen LogP contribution in [0.15, 0.2) is 0 Å². The Kier molecular flexibility index (Phi) is 4.31. The van der Waals surface area contributed by atoms with Crippen LogP contribution in [-0.2, 0) is 14.8 Å². The second-order valence-corrected chi connectivity index (χ2v) is 5.75. The topological polar surface area (TPSA) is 66.8 Å². The Morgan fingerprint density at radius 2 is 2.14 bits per heavy atom. The van der Waals surface area contributed by atoms with Crippen LogP contribution in [0.4, 0.5) is 0 Å². The molecule has 0 spiro atoms. The van der Waals surface area contributed by atoms with E-state index in [1.165, 1.54) is 11.2 Å². The van der Waals surface area contributed by atoms with Gasteiger partial charge in [-0.25, -0.2) is 8.42 Å². The fourth-order valence-corrected chi connectivity index (χ4v) is 2.74. The van der Waals surface area contributed by atoms with E-state index in [1.54, 1.807) is 0 Å². The van der Waals surface area contributed by atoms with Gasteiger partial charge in [-0.1, -0.05) is 0 Å². The van der Waals surface area contributed by atoms with Gasteiger partial charge in [-0.3, -0.25) is 0 Å². The molecule has 1 atom stereocenters. The van der Waals surface area contributed by atoms with Crippen LogP contribution in [0.25, 0.3) is 0 Å². The summed E-state index contributed by atoms with van der Waals surface area (Å²) in [6, 6.07) is 0. The first-order chi connectivity index (χ1) is 6.59. The smallest absolute Gasteiger partial charge is 0.219 e. The summed E-state index contributed by atoms with van der Waals surface area (Å²) in [5, 5.41) is 8.11. The standard InChI is InChI=1S/C8H17NO4S/c1-8(7-10)14(11,12)9-3-2-5-13-6-4-9/h8,10H,2-7H2,1H3. The molecule has 0 bridgehead atoms. The summed E-state index contributed by atoms with van der Waals surface area (Å²) < 4.78 is 30.1. The Labute approximate surface area is 84.7 Å². The summed E-state index contributed by atoms with van der Waals surface area (Å²) in [6.45, 7) is 3.12. The molecule has 1 aliphatic heterocycles. The maximum atomic E-state index is 11.8. The van der Waals surface area contributed by atoms with Gasteiger partial charge >= 0.3 is 0 Å². The molecule has 1 unspecified atom stereocenters. The SMILES string of the molecule is CC(CO)S(=O)(=O)N1CCCOCC1. The number of hydrogen-bond donors (Lipinski definition) is 1. The summed E-state index contributed by atoms with van der Waals surface area (Å²) in [5.74, 6) is 0. The first-order valence-corrected chi connectivity index (χ1v) is 6.27. The van der Waals surface area contributed by atoms with Crippen LogP contribution in [0.3, 0.4) is 0 Å². The average Bonchev–Trinajstić information content (AvgIpc) is 2.44. The van der Waals surface area contributed by atoms with Gasteiger partial charge in [0, 0.05) is 19.7 Å². The highest BCUT2D eigenvalue weighted by atomic mass is 32.2. The van der Waals surface area contributed by atoms with Crippen molar-refractivity contribution in [3.63, 3.8) is 0 Å². The van der Waals surface area contributed by atoms with Crippen molar-refractivity contribution in [1.82, 2.24) is 4.31 Å². The molecular weight excluding hydrogens is 206 g/mol. The molecule has 0 aromatic carbocycles. The van der Waals surface area contributed by atoms with Crippen molar-refractivity contribution in [2.24, 2.45) is 0 Å². The summed E-state index contributed by atoms with van der Waals surface area (Å²) in [5.41, 5.74) is 0. The van der Waals surface area contributed by atoms with Crippen LogP contribution in [-0.4, -0.2) is 56.0 Å². The lowest BCUT2D eigenvalue weighted by molar-refractivity contribution is 0.148. The fourth-order valence-electron chi connectivity index (χ4n) is 1.33. The maximum Gasteiger partial charge on any atom is 0.219 e. The van der Waals surface area contributed by atoms with E-state index in [-0.39, 0.29) is 6.61 Å². The molecular formula is C8H17NO4S. The van der Waals surface area contributed by atoms with Crippen molar-refractivity contribution >= 4 is 10.0 Å². The van der Waals surface area contributed by atoms with E-state index in [4.69, 9.17) is 9.84 Å². The van der Waals surface area contributed by atoms with Gasteiger partial charge in [0.15, 0.2) is 0 Å². The maximum absolute atomic E-state index is 11.8. The number of hydrogen-bond acceptors (Lipinski definition) is 4. The number of sulfonamides is 1. The largest absolute Gasteiger partial charge is 0.395 e. The predicted molar refractivity (Wildman–Crippen MR) is 52.5 cm³/mol. The quantitative estimate of drug-likeness (QED) is 0.695. The Bertz CT molecular complexity index is 257. The molecule has 0 saturated carbocycles. The van der Waals surface area contributed by atoms with Gasteiger partial charge in [-0.05, 0) is 13.3 Å². The van der Waals surface area contributed by atoms with E-state index < -0.39 is 15.3 Å². The summed E-state index contributed by atoms with van der Waals surface area (Å²) in [4.78, 5) is 0. The van der Waals surface area contributed by atoms with Gasteiger partial charge in [0.05, 0.1) is 18.5 Å². The van der Waals surface area contributed by atoms with Gasteiger partial charge in [-0.15, -0.1) is 0 Å². The molecule has 0 aliphatic carbocycles. The first-order valence-electron chi connectivity index (χ1n) is 4.76. The van der Waals surface area contributed by atoms with Gasteiger partial charge in [0.2, 0.25) is 10.0 Å². The van der Waals surface area contributed by atoms with E-state index in [1.807, 2.05) is 0 Å². The molecule has 1 rings (SSSR count). The average molecular weight is 223 g/mol. The van der Waals surface area contributed by atoms with Crippen LogP contribution in [0, 0.1) is 0 Å². The Hall–Kier alpha value is -0.170. The molecule has 6 heteroatoms. The zero-order valence-corrected chi connectivity index (χ0v) is 9.16. The Balaban J connectivity index is 2.69. The number of rotatable bonds is 3. The highest BCUT2D eigenvalue weighted by Gasteiger charge is 2.28. The van der Waals surface area contributed by atoms with Crippen molar-refractivity contribution < 1.29 is 18.3 Å². The third kappa shape index (κ3) is 2.66. The molecule has 14 heavy (non-hydrogen) atoms. The van der Waals surface area contributed by atoms with Gasteiger partial charge in [0.1, 0.15) is 0 Å². The second kappa shape index (κ2) is 5.06. The van der Waals surface area contributed by atoms with Gasteiger partial charge in [0.25, 0.3) is 0 Å². The van der Waals surface area contributed by atoms with Gasteiger partial charge in [-0.2, -0.15) is 4.31 Å². The van der Waals surface area contributed by atoms with E-state index in [2.05, 4.69) is 0 Å². The van der Waals surface area contributed by atoms with Crippen molar-refractivity contribution in [3.8, 4) is 0 Å². The lowest BCUT2D eigenvalue weighted by Gasteiger charge is -2.22. The summed E-state index contributed by atoms with van der Waals surface area (Å²) in [7, 11) is -3.33. The molecule has 5 nitrogen and oxygen atoms in total. The molecule has 1 aliphatic rings. The van der Waals surface area contributed by atoms with Crippen LogP contribution >= 0.6 is 0 Å². The molecule has 0 aromatic rings. The van der Waals surface area contributed by atoms with Crippen LogP contribution in [0.2, 0.25) is 0 Å². The van der Waals surface area contributed by atoms with Crippen LogP contribution in [0.1, 0.15) is 13.3 Å². The predicted octanol–water partition coefficient (Wildman–Crippen LogP) is -0.581. The van der Waals surface area contributed by atoms with Crippen molar-refractivity contribution in [2.45, 2.75) is 18.6 Å². The number of nitrogens with zero attached hydrogens (tertiary/aromatic N) is 1. The van der Waals surface area contributed by atoms with Crippen LogP contribution in [0.5, 0.6) is 0 Å². The van der Waals surface area contributed by atoms with Crippen molar-refractivity contribution in [3.05, 3.63) is 0 Å². The number of aliphatic hydroxyl groups is 1. The lowest BCUT2D eigenvalue weighted by atomic mass is 10.5. The second-order valence-electron chi connectivity index (χ2n) is 3.40. The molecule has 84 valence electrons. The third-order valence-corrected chi connectivity index (χ3v) is 4.56.